The van der Waals surface area contributed by atoms with Crippen molar-refractivity contribution >= 4 is 5.91 Å². The molecule has 1 amide bonds. The number of carbonyl (C=O) groups excluding carboxylic acids is 1. The summed E-state index contributed by atoms with van der Waals surface area (Å²) in [7, 11) is 0. The van der Waals surface area contributed by atoms with Gasteiger partial charge in [-0.1, -0.05) is 0 Å². The highest BCUT2D eigenvalue weighted by molar-refractivity contribution is 5.74. The maximum atomic E-state index is 10.8. The van der Waals surface area contributed by atoms with Crippen LogP contribution in [-0.4, -0.2) is 21.6 Å². The highest BCUT2D eigenvalue weighted by atomic mass is 16.1. The number of aromatic amines is 1. The van der Waals surface area contributed by atoms with Gasteiger partial charge >= 0.3 is 0 Å². The Kier molecular flexibility index (Phi) is 3.47. The summed E-state index contributed by atoms with van der Waals surface area (Å²) in [5.74, 6) is -0.295. The number of nitrogens with two attached hydrogens (primary N) is 1. The molecule has 0 spiro atoms. The predicted octanol–water partition coefficient (Wildman–Crippen LogP) is 0.462. The van der Waals surface area contributed by atoms with Gasteiger partial charge < -0.3 is 11.1 Å². The van der Waals surface area contributed by atoms with Crippen LogP contribution in [0.15, 0.2) is 6.20 Å². The zero-order valence-electron chi connectivity index (χ0n) is 9.42. The molecule has 0 bridgehead atoms. The van der Waals surface area contributed by atoms with Crippen molar-refractivity contribution < 1.29 is 4.79 Å². The van der Waals surface area contributed by atoms with Crippen LogP contribution in [0.4, 0.5) is 0 Å². The number of nitrogens with one attached hydrogen (secondary N) is 2. The summed E-state index contributed by atoms with van der Waals surface area (Å²) >= 11 is 0. The van der Waals surface area contributed by atoms with Crippen molar-refractivity contribution in [1.82, 2.24) is 15.5 Å². The molecule has 0 aliphatic carbocycles. The lowest BCUT2D eigenvalue weighted by Crippen LogP contribution is -2.42. The third kappa shape index (κ3) is 3.71. The van der Waals surface area contributed by atoms with Crippen molar-refractivity contribution in [3.05, 3.63) is 17.5 Å². The SMILES string of the molecule is Cc1[nH]ncc1CNC(C)(C)CC(N)=O. The van der Waals surface area contributed by atoms with Crippen LogP contribution < -0.4 is 11.1 Å². The van der Waals surface area contributed by atoms with E-state index in [-0.39, 0.29) is 11.4 Å². The van der Waals surface area contributed by atoms with E-state index in [0.717, 1.165) is 11.3 Å². The highest BCUT2D eigenvalue weighted by Crippen LogP contribution is 2.10. The summed E-state index contributed by atoms with van der Waals surface area (Å²) in [6.07, 6.45) is 2.10. The second-order valence-corrected chi connectivity index (χ2v) is 4.40. The molecular weight excluding hydrogens is 192 g/mol. The van der Waals surface area contributed by atoms with Gasteiger partial charge in [0.05, 0.1) is 6.20 Å². The number of carbonyl (C=O) groups is 1. The first-order valence-electron chi connectivity index (χ1n) is 4.93. The van der Waals surface area contributed by atoms with Crippen molar-refractivity contribution in [3.8, 4) is 0 Å². The smallest absolute Gasteiger partial charge is 0.219 e. The van der Waals surface area contributed by atoms with E-state index in [1.54, 1.807) is 6.20 Å². The van der Waals surface area contributed by atoms with Gasteiger partial charge in [0.25, 0.3) is 0 Å². The van der Waals surface area contributed by atoms with Crippen LogP contribution in [-0.2, 0) is 11.3 Å². The third-order valence-corrected chi connectivity index (χ3v) is 2.31. The van der Waals surface area contributed by atoms with E-state index in [9.17, 15) is 4.79 Å². The summed E-state index contributed by atoms with van der Waals surface area (Å²) in [4.78, 5) is 10.8. The van der Waals surface area contributed by atoms with Crippen molar-refractivity contribution in [3.63, 3.8) is 0 Å². The number of H-pyrrole nitrogens is 1. The van der Waals surface area contributed by atoms with Crippen LogP contribution in [0.25, 0.3) is 0 Å². The van der Waals surface area contributed by atoms with Gasteiger partial charge in [-0.25, -0.2) is 0 Å². The molecule has 0 radical (unpaired) electrons. The van der Waals surface area contributed by atoms with E-state index < -0.39 is 0 Å². The summed E-state index contributed by atoms with van der Waals surface area (Å²) in [5.41, 5.74) is 7.02. The lowest BCUT2D eigenvalue weighted by atomic mass is 10.00. The minimum absolute atomic E-state index is 0.282. The number of hydrogen-bond donors (Lipinski definition) is 3. The third-order valence-electron chi connectivity index (χ3n) is 2.31. The van der Waals surface area contributed by atoms with Crippen LogP contribution in [0.1, 0.15) is 31.5 Å². The van der Waals surface area contributed by atoms with Crippen LogP contribution in [0.3, 0.4) is 0 Å². The fourth-order valence-electron chi connectivity index (χ4n) is 1.39. The topological polar surface area (TPSA) is 83.8 Å². The number of aromatic nitrogens is 2. The van der Waals surface area contributed by atoms with Crippen molar-refractivity contribution in [2.24, 2.45) is 5.73 Å². The molecule has 0 aromatic carbocycles. The molecule has 1 heterocycles. The molecule has 0 saturated carbocycles. The Morgan fingerprint density at radius 2 is 2.33 bits per heavy atom. The number of hydrogen-bond acceptors (Lipinski definition) is 3. The normalized spacial score (nSPS) is 11.7. The molecule has 0 aliphatic rings. The molecule has 0 unspecified atom stereocenters. The second-order valence-electron chi connectivity index (χ2n) is 4.40. The maximum Gasteiger partial charge on any atom is 0.219 e. The Morgan fingerprint density at radius 3 is 2.80 bits per heavy atom. The second kappa shape index (κ2) is 4.44. The van der Waals surface area contributed by atoms with Gasteiger partial charge in [-0.2, -0.15) is 5.10 Å². The molecule has 15 heavy (non-hydrogen) atoms. The van der Waals surface area contributed by atoms with E-state index in [0.29, 0.717) is 13.0 Å². The first-order chi connectivity index (χ1) is 6.91. The molecule has 5 nitrogen and oxygen atoms in total. The van der Waals surface area contributed by atoms with Gasteiger partial charge in [0.15, 0.2) is 0 Å². The summed E-state index contributed by atoms with van der Waals surface area (Å²) in [5, 5.41) is 10.1. The van der Waals surface area contributed by atoms with Gasteiger partial charge in [-0.15, -0.1) is 0 Å². The van der Waals surface area contributed by atoms with Crippen molar-refractivity contribution in [1.29, 1.82) is 0 Å². The number of aryl methyl sites for hydroxylation is 1. The van der Waals surface area contributed by atoms with Gasteiger partial charge in [-0.05, 0) is 20.8 Å². The molecule has 5 heteroatoms. The molecule has 0 saturated heterocycles. The average Bonchev–Trinajstić information content (AvgIpc) is 2.45. The molecule has 1 rings (SSSR count). The molecule has 0 atom stereocenters. The Balaban J connectivity index is 2.49. The van der Waals surface area contributed by atoms with Gasteiger partial charge in [-0.3, -0.25) is 9.89 Å². The lowest BCUT2D eigenvalue weighted by molar-refractivity contribution is -0.119. The Bertz CT molecular complexity index is 343. The summed E-state index contributed by atoms with van der Waals surface area (Å²) in [6.45, 7) is 6.55. The van der Waals surface area contributed by atoms with Gasteiger partial charge in [0, 0.05) is 29.8 Å². The van der Waals surface area contributed by atoms with Crippen LogP contribution in [0, 0.1) is 6.92 Å². The number of rotatable bonds is 5. The van der Waals surface area contributed by atoms with E-state index in [2.05, 4.69) is 15.5 Å². The largest absolute Gasteiger partial charge is 0.370 e. The highest BCUT2D eigenvalue weighted by Gasteiger charge is 2.19. The molecule has 0 aliphatic heterocycles. The number of nitrogens with zero attached hydrogens (tertiary/aromatic N) is 1. The Morgan fingerprint density at radius 1 is 1.67 bits per heavy atom. The molecule has 1 aromatic heterocycles. The first kappa shape index (κ1) is 11.7. The van der Waals surface area contributed by atoms with Gasteiger partial charge in [0.1, 0.15) is 0 Å². The van der Waals surface area contributed by atoms with Crippen LogP contribution in [0.2, 0.25) is 0 Å². The van der Waals surface area contributed by atoms with E-state index in [4.69, 9.17) is 5.73 Å². The predicted molar refractivity (Wildman–Crippen MR) is 58.1 cm³/mol. The zero-order chi connectivity index (χ0) is 11.5. The number of primary amides is 1. The van der Waals surface area contributed by atoms with Crippen molar-refractivity contribution in [2.45, 2.75) is 39.3 Å². The van der Waals surface area contributed by atoms with E-state index in [1.165, 1.54) is 0 Å². The molecule has 0 fully saturated rings. The fourth-order valence-corrected chi connectivity index (χ4v) is 1.39. The standard InChI is InChI=1S/C10H18N4O/c1-7-8(6-13-14-7)5-12-10(2,3)4-9(11)15/h6,12H,4-5H2,1-3H3,(H2,11,15)(H,13,14). The molecule has 1 aromatic rings. The number of amides is 1. The molecule has 4 N–H and O–H groups in total. The minimum Gasteiger partial charge on any atom is -0.370 e. The minimum atomic E-state index is -0.295. The lowest BCUT2D eigenvalue weighted by Gasteiger charge is -2.24. The maximum absolute atomic E-state index is 10.8. The van der Waals surface area contributed by atoms with Crippen LogP contribution in [0.5, 0.6) is 0 Å². The fraction of sp³-hybridized carbons (Fsp3) is 0.600. The Hall–Kier alpha value is -1.36. The van der Waals surface area contributed by atoms with Crippen molar-refractivity contribution in [2.75, 3.05) is 0 Å². The van der Waals surface area contributed by atoms with Gasteiger partial charge in [0.2, 0.25) is 5.91 Å². The van der Waals surface area contributed by atoms with E-state index >= 15 is 0 Å². The van der Waals surface area contributed by atoms with Crippen LogP contribution >= 0.6 is 0 Å². The first-order valence-corrected chi connectivity index (χ1v) is 4.93. The summed E-state index contributed by atoms with van der Waals surface area (Å²) < 4.78 is 0. The summed E-state index contributed by atoms with van der Waals surface area (Å²) in [6, 6.07) is 0. The average molecular weight is 210 g/mol. The van der Waals surface area contributed by atoms with E-state index in [1.807, 2.05) is 20.8 Å². The Labute approximate surface area is 89.4 Å². The quantitative estimate of drug-likeness (QED) is 0.660. The zero-order valence-corrected chi connectivity index (χ0v) is 9.42. The molecular formula is C10H18N4O. The molecule has 84 valence electrons. The monoisotopic (exact) mass is 210 g/mol.